The molecule has 0 fully saturated rings. The van der Waals surface area contributed by atoms with E-state index in [4.69, 9.17) is 9.47 Å². The van der Waals surface area contributed by atoms with E-state index < -0.39 is 0 Å². The van der Waals surface area contributed by atoms with Crippen LogP contribution in [0.1, 0.15) is 21.7 Å². The molecule has 0 unspecified atom stereocenters. The summed E-state index contributed by atoms with van der Waals surface area (Å²) in [6, 6.07) is 13.6. The van der Waals surface area contributed by atoms with Crippen molar-refractivity contribution in [2.24, 2.45) is 0 Å². The predicted octanol–water partition coefficient (Wildman–Crippen LogP) is 4.06. The minimum atomic E-state index is -0.281. The molecule has 0 saturated heterocycles. The third-order valence-corrected chi connectivity index (χ3v) is 4.47. The Morgan fingerprint density at radius 1 is 0.926 bits per heavy atom. The summed E-state index contributed by atoms with van der Waals surface area (Å²) in [5.74, 6) is 1.16. The molecule has 2 aromatic carbocycles. The van der Waals surface area contributed by atoms with Crippen molar-refractivity contribution in [3.8, 4) is 11.5 Å². The summed E-state index contributed by atoms with van der Waals surface area (Å²) in [4.78, 5) is 12.0. The number of ether oxygens (including phenoxy) is 2. The second-order valence-corrected chi connectivity index (χ2v) is 7.33. The molecule has 0 bridgehead atoms. The van der Waals surface area contributed by atoms with Crippen molar-refractivity contribution < 1.29 is 14.3 Å². The average Bonchev–Trinajstić information content (AvgIpc) is 3.06. The maximum absolute atomic E-state index is 12.0. The summed E-state index contributed by atoms with van der Waals surface area (Å²) in [5.41, 5.74) is 3.35. The predicted molar refractivity (Wildman–Crippen MR) is 105 cm³/mol. The number of carbonyl (C=O) groups excluding carboxylic acids is 1. The fraction of sp³-hybridized carbons (Fsp3) is 0.250. The Bertz CT molecular complexity index is 902. The van der Waals surface area contributed by atoms with Gasteiger partial charge in [0, 0.05) is 0 Å². The van der Waals surface area contributed by atoms with Crippen LogP contribution in [0.25, 0.3) is 0 Å². The monoisotopic (exact) mass is 383 g/mol. The Balaban J connectivity index is 1.48. The van der Waals surface area contributed by atoms with Crippen molar-refractivity contribution in [3.63, 3.8) is 0 Å². The Kier molecular flexibility index (Phi) is 6.03. The Hall–Kier alpha value is -2.93. The number of amides is 1. The van der Waals surface area contributed by atoms with Crippen molar-refractivity contribution in [2.75, 3.05) is 11.9 Å². The average molecular weight is 383 g/mol. The molecule has 1 aromatic heterocycles. The second kappa shape index (κ2) is 8.64. The molecule has 1 amide bonds. The zero-order valence-electron chi connectivity index (χ0n) is 15.5. The molecule has 0 aliphatic rings. The van der Waals surface area contributed by atoms with Crippen LogP contribution in [0.4, 0.5) is 5.13 Å². The highest BCUT2D eigenvalue weighted by Gasteiger charge is 2.10. The van der Waals surface area contributed by atoms with Crippen molar-refractivity contribution >= 4 is 22.4 Å². The number of hydrogen-bond acceptors (Lipinski definition) is 6. The van der Waals surface area contributed by atoms with Gasteiger partial charge in [-0.2, -0.15) is 0 Å². The minimum absolute atomic E-state index is 0.0856. The number of hydrogen-bond donors (Lipinski definition) is 1. The molecular weight excluding hydrogens is 362 g/mol. The molecule has 0 atom stereocenters. The summed E-state index contributed by atoms with van der Waals surface area (Å²) in [6.07, 6.45) is 0. The molecule has 0 aliphatic carbocycles. The molecule has 3 rings (SSSR count). The SMILES string of the molecule is Cc1ccc(OCc2nnc(NC(=O)COc3cc(C)cc(C)c3)s2)cc1. The van der Waals surface area contributed by atoms with Crippen LogP contribution in [0.2, 0.25) is 0 Å². The quantitative estimate of drug-likeness (QED) is 0.666. The number of nitrogens with one attached hydrogen (secondary N) is 1. The first-order valence-electron chi connectivity index (χ1n) is 8.51. The van der Waals surface area contributed by atoms with Gasteiger partial charge in [-0.05, 0) is 56.2 Å². The zero-order chi connectivity index (χ0) is 19.2. The van der Waals surface area contributed by atoms with E-state index in [9.17, 15) is 4.79 Å². The van der Waals surface area contributed by atoms with Crippen LogP contribution in [0.3, 0.4) is 0 Å². The number of benzene rings is 2. The van der Waals surface area contributed by atoms with Gasteiger partial charge in [-0.1, -0.05) is 35.1 Å². The standard InChI is InChI=1S/C20H21N3O3S/c1-13-4-6-16(7-5-13)26-12-19-22-23-20(27-19)21-18(24)11-25-17-9-14(2)8-15(3)10-17/h4-10H,11-12H2,1-3H3,(H,21,23,24). The molecule has 0 radical (unpaired) electrons. The lowest BCUT2D eigenvalue weighted by atomic mass is 10.1. The van der Waals surface area contributed by atoms with Crippen molar-refractivity contribution in [2.45, 2.75) is 27.4 Å². The number of aromatic nitrogens is 2. The van der Waals surface area contributed by atoms with Gasteiger partial charge >= 0.3 is 0 Å². The summed E-state index contributed by atoms with van der Waals surface area (Å²) in [7, 11) is 0. The van der Waals surface area contributed by atoms with E-state index in [1.165, 1.54) is 16.9 Å². The van der Waals surface area contributed by atoms with Gasteiger partial charge in [0.2, 0.25) is 5.13 Å². The molecule has 1 N–H and O–H groups in total. The van der Waals surface area contributed by atoms with Crippen molar-refractivity contribution in [1.82, 2.24) is 10.2 Å². The normalized spacial score (nSPS) is 10.5. The van der Waals surface area contributed by atoms with Gasteiger partial charge in [0.25, 0.3) is 5.91 Å². The van der Waals surface area contributed by atoms with Crippen LogP contribution < -0.4 is 14.8 Å². The van der Waals surface area contributed by atoms with E-state index in [1.807, 2.05) is 63.2 Å². The van der Waals surface area contributed by atoms with Crippen LogP contribution >= 0.6 is 11.3 Å². The van der Waals surface area contributed by atoms with Crippen molar-refractivity contribution in [1.29, 1.82) is 0 Å². The van der Waals surface area contributed by atoms with Gasteiger partial charge in [0.1, 0.15) is 18.1 Å². The number of carbonyl (C=O) groups is 1. The molecule has 0 spiro atoms. The lowest BCUT2D eigenvalue weighted by molar-refractivity contribution is -0.118. The summed E-state index contributed by atoms with van der Waals surface area (Å²) >= 11 is 1.28. The molecular formula is C20H21N3O3S. The lowest BCUT2D eigenvalue weighted by Gasteiger charge is -2.07. The summed E-state index contributed by atoms with van der Waals surface area (Å²) < 4.78 is 11.2. The fourth-order valence-electron chi connectivity index (χ4n) is 2.46. The lowest BCUT2D eigenvalue weighted by Crippen LogP contribution is -2.20. The third-order valence-electron chi connectivity index (χ3n) is 3.66. The first kappa shape index (κ1) is 18.8. The van der Waals surface area contributed by atoms with Crippen LogP contribution in [-0.2, 0) is 11.4 Å². The van der Waals surface area contributed by atoms with Crippen LogP contribution in [0, 0.1) is 20.8 Å². The van der Waals surface area contributed by atoms with E-state index >= 15 is 0 Å². The Labute approximate surface area is 162 Å². The first-order valence-corrected chi connectivity index (χ1v) is 9.32. The molecule has 27 heavy (non-hydrogen) atoms. The van der Waals surface area contributed by atoms with E-state index in [0.717, 1.165) is 16.9 Å². The van der Waals surface area contributed by atoms with Gasteiger partial charge in [-0.3, -0.25) is 10.1 Å². The Morgan fingerprint density at radius 2 is 1.63 bits per heavy atom. The fourth-order valence-corrected chi connectivity index (χ4v) is 3.13. The number of anilines is 1. The highest BCUT2D eigenvalue weighted by molar-refractivity contribution is 7.15. The maximum atomic E-state index is 12.0. The smallest absolute Gasteiger partial charge is 0.264 e. The van der Waals surface area contributed by atoms with Gasteiger partial charge < -0.3 is 9.47 Å². The van der Waals surface area contributed by atoms with Crippen molar-refractivity contribution in [3.05, 3.63) is 64.2 Å². The van der Waals surface area contributed by atoms with E-state index in [1.54, 1.807) is 0 Å². The number of nitrogens with zero attached hydrogens (tertiary/aromatic N) is 2. The van der Waals surface area contributed by atoms with E-state index in [2.05, 4.69) is 15.5 Å². The molecule has 0 saturated carbocycles. The zero-order valence-corrected chi connectivity index (χ0v) is 16.3. The number of rotatable bonds is 7. The van der Waals surface area contributed by atoms with Crippen LogP contribution in [-0.4, -0.2) is 22.7 Å². The van der Waals surface area contributed by atoms with Gasteiger partial charge in [0.05, 0.1) is 0 Å². The second-order valence-electron chi connectivity index (χ2n) is 6.26. The van der Waals surface area contributed by atoms with E-state index in [0.29, 0.717) is 22.5 Å². The first-order chi connectivity index (χ1) is 13.0. The molecule has 1 heterocycles. The third kappa shape index (κ3) is 5.79. The highest BCUT2D eigenvalue weighted by atomic mass is 32.1. The van der Waals surface area contributed by atoms with E-state index in [-0.39, 0.29) is 12.5 Å². The number of aryl methyl sites for hydroxylation is 3. The maximum Gasteiger partial charge on any atom is 0.264 e. The molecule has 7 heteroatoms. The highest BCUT2D eigenvalue weighted by Crippen LogP contribution is 2.19. The largest absolute Gasteiger partial charge is 0.486 e. The Morgan fingerprint density at radius 3 is 2.33 bits per heavy atom. The molecule has 6 nitrogen and oxygen atoms in total. The van der Waals surface area contributed by atoms with Gasteiger partial charge in [-0.15, -0.1) is 10.2 Å². The molecule has 140 valence electrons. The van der Waals surface area contributed by atoms with Gasteiger partial charge in [-0.25, -0.2) is 0 Å². The molecule has 3 aromatic rings. The van der Waals surface area contributed by atoms with Crippen LogP contribution in [0.5, 0.6) is 11.5 Å². The summed E-state index contributed by atoms with van der Waals surface area (Å²) in [5, 5.41) is 11.8. The summed E-state index contributed by atoms with van der Waals surface area (Å²) in [6.45, 7) is 6.21. The van der Waals surface area contributed by atoms with Gasteiger partial charge in [0.15, 0.2) is 11.6 Å². The molecule has 0 aliphatic heterocycles. The minimum Gasteiger partial charge on any atom is -0.486 e. The topological polar surface area (TPSA) is 73.3 Å². The van der Waals surface area contributed by atoms with Crippen LogP contribution in [0.15, 0.2) is 42.5 Å².